The molecule has 1 aliphatic heterocycles. The van der Waals surface area contributed by atoms with Crippen LogP contribution < -0.4 is 0 Å². The fraction of sp³-hybridized carbons (Fsp3) is 0.529. The molecule has 1 fully saturated rings. The monoisotopic (exact) mass is 328 g/mol. The molecule has 7 heteroatoms. The van der Waals surface area contributed by atoms with Crippen molar-refractivity contribution < 1.29 is 4.79 Å². The Hall–Kier alpha value is -2.28. The van der Waals surface area contributed by atoms with Gasteiger partial charge in [0.15, 0.2) is 0 Å². The van der Waals surface area contributed by atoms with Crippen molar-refractivity contribution >= 4 is 5.91 Å². The number of hydrogen-bond acceptors (Lipinski definition) is 5. The van der Waals surface area contributed by atoms with Gasteiger partial charge in [-0.2, -0.15) is 5.10 Å². The molecule has 2 aromatic rings. The van der Waals surface area contributed by atoms with Crippen LogP contribution in [0.15, 0.2) is 30.7 Å². The number of pyridine rings is 1. The third-order valence-corrected chi connectivity index (χ3v) is 4.14. The van der Waals surface area contributed by atoms with Crippen LogP contribution in [-0.4, -0.2) is 61.6 Å². The molecule has 0 atom stereocenters. The second-order valence-corrected chi connectivity index (χ2v) is 6.54. The predicted octanol–water partition coefficient (Wildman–Crippen LogP) is 1.29. The van der Waals surface area contributed by atoms with Gasteiger partial charge in [0.2, 0.25) is 0 Å². The SMILES string of the molecule is CC(C)Cn1ncnc1CN1CCN(C(=O)c2ccccn2)CC1. The Bertz CT molecular complexity index is 661. The molecule has 0 N–H and O–H groups in total. The van der Waals surface area contributed by atoms with E-state index >= 15 is 0 Å². The number of carbonyl (C=O) groups excluding carboxylic acids is 1. The van der Waals surface area contributed by atoms with Crippen molar-refractivity contribution in [1.82, 2.24) is 29.5 Å². The van der Waals surface area contributed by atoms with Gasteiger partial charge >= 0.3 is 0 Å². The fourth-order valence-electron chi connectivity index (χ4n) is 2.87. The highest BCUT2D eigenvalue weighted by Gasteiger charge is 2.23. The van der Waals surface area contributed by atoms with E-state index in [9.17, 15) is 4.79 Å². The maximum absolute atomic E-state index is 12.4. The molecule has 128 valence electrons. The van der Waals surface area contributed by atoms with E-state index in [4.69, 9.17) is 0 Å². The number of piperazine rings is 1. The van der Waals surface area contributed by atoms with E-state index in [2.05, 4.69) is 33.8 Å². The zero-order valence-electron chi connectivity index (χ0n) is 14.3. The number of rotatable bonds is 5. The number of nitrogens with zero attached hydrogens (tertiary/aromatic N) is 6. The molecule has 0 unspecified atom stereocenters. The predicted molar refractivity (Wildman–Crippen MR) is 90.3 cm³/mol. The molecule has 0 radical (unpaired) electrons. The topological polar surface area (TPSA) is 67.2 Å². The molecule has 0 aromatic carbocycles. The van der Waals surface area contributed by atoms with Gasteiger partial charge in [0.05, 0.1) is 6.54 Å². The first-order chi connectivity index (χ1) is 11.6. The summed E-state index contributed by atoms with van der Waals surface area (Å²) < 4.78 is 1.98. The Labute approximate surface area is 142 Å². The second kappa shape index (κ2) is 7.53. The lowest BCUT2D eigenvalue weighted by Gasteiger charge is -2.34. The van der Waals surface area contributed by atoms with E-state index in [1.54, 1.807) is 18.6 Å². The van der Waals surface area contributed by atoms with Gasteiger partial charge in [0, 0.05) is 38.9 Å². The Morgan fingerprint density at radius 1 is 1.17 bits per heavy atom. The third-order valence-electron chi connectivity index (χ3n) is 4.14. The van der Waals surface area contributed by atoms with E-state index in [0.29, 0.717) is 24.7 Å². The van der Waals surface area contributed by atoms with Gasteiger partial charge in [-0.25, -0.2) is 9.67 Å². The summed E-state index contributed by atoms with van der Waals surface area (Å²) in [5, 5.41) is 4.31. The van der Waals surface area contributed by atoms with Gasteiger partial charge in [0.1, 0.15) is 17.8 Å². The average Bonchev–Trinajstić information content (AvgIpc) is 3.02. The Kier molecular flexibility index (Phi) is 5.20. The highest BCUT2D eigenvalue weighted by Crippen LogP contribution is 2.10. The van der Waals surface area contributed by atoms with Crippen molar-refractivity contribution in [2.45, 2.75) is 26.9 Å². The average molecular weight is 328 g/mol. The third kappa shape index (κ3) is 3.97. The Morgan fingerprint density at radius 3 is 2.62 bits per heavy atom. The Morgan fingerprint density at radius 2 is 1.96 bits per heavy atom. The van der Waals surface area contributed by atoms with Crippen molar-refractivity contribution in [2.75, 3.05) is 26.2 Å². The van der Waals surface area contributed by atoms with Crippen LogP contribution in [0.4, 0.5) is 0 Å². The highest BCUT2D eigenvalue weighted by atomic mass is 16.2. The minimum absolute atomic E-state index is 0.0122. The summed E-state index contributed by atoms with van der Waals surface area (Å²) in [6.07, 6.45) is 3.28. The summed E-state index contributed by atoms with van der Waals surface area (Å²) in [6, 6.07) is 5.43. The summed E-state index contributed by atoms with van der Waals surface area (Å²) in [6.45, 7) is 9.12. The number of carbonyl (C=O) groups is 1. The lowest BCUT2D eigenvalue weighted by Crippen LogP contribution is -2.48. The largest absolute Gasteiger partial charge is 0.335 e. The molecular formula is C17H24N6O. The molecule has 24 heavy (non-hydrogen) atoms. The minimum Gasteiger partial charge on any atom is -0.335 e. The van der Waals surface area contributed by atoms with Crippen LogP contribution in [-0.2, 0) is 13.1 Å². The molecule has 1 amide bonds. The summed E-state index contributed by atoms with van der Waals surface area (Å²) >= 11 is 0. The van der Waals surface area contributed by atoms with Crippen LogP contribution >= 0.6 is 0 Å². The van der Waals surface area contributed by atoms with Crippen LogP contribution in [0, 0.1) is 5.92 Å². The molecule has 1 saturated heterocycles. The van der Waals surface area contributed by atoms with Crippen LogP contribution in [0.2, 0.25) is 0 Å². The first kappa shape index (κ1) is 16.6. The van der Waals surface area contributed by atoms with Crippen LogP contribution in [0.5, 0.6) is 0 Å². The highest BCUT2D eigenvalue weighted by molar-refractivity contribution is 5.92. The smallest absolute Gasteiger partial charge is 0.272 e. The quantitative estimate of drug-likeness (QED) is 0.827. The van der Waals surface area contributed by atoms with Crippen molar-refractivity contribution in [1.29, 1.82) is 0 Å². The lowest BCUT2D eigenvalue weighted by molar-refractivity contribution is 0.0617. The van der Waals surface area contributed by atoms with Crippen molar-refractivity contribution in [3.8, 4) is 0 Å². The number of aromatic nitrogens is 4. The van der Waals surface area contributed by atoms with Crippen LogP contribution in [0.25, 0.3) is 0 Å². The molecular weight excluding hydrogens is 304 g/mol. The standard InChI is InChI=1S/C17H24N6O/c1-14(2)11-23-16(19-13-20-23)12-21-7-9-22(10-8-21)17(24)15-5-3-4-6-18-15/h3-6,13-14H,7-12H2,1-2H3. The molecule has 0 spiro atoms. The van der Waals surface area contributed by atoms with Crippen molar-refractivity contribution in [3.05, 3.63) is 42.2 Å². The molecule has 7 nitrogen and oxygen atoms in total. The number of hydrogen-bond donors (Lipinski definition) is 0. The molecule has 2 aromatic heterocycles. The molecule has 3 heterocycles. The van der Waals surface area contributed by atoms with Gasteiger partial charge in [0.25, 0.3) is 5.91 Å². The summed E-state index contributed by atoms with van der Waals surface area (Å²) in [5.74, 6) is 1.55. The molecule has 1 aliphatic rings. The van der Waals surface area contributed by atoms with Crippen molar-refractivity contribution in [3.63, 3.8) is 0 Å². The van der Waals surface area contributed by atoms with Gasteiger partial charge in [-0.3, -0.25) is 14.7 Å². The van der Waals surface area contributed by atoms with Gasteiger partial charge < -0.3 is 4.90 Å². The maximum Gasteiger partial charge on any atom is 0.272 e. The van der Waals surface area contributed by atoms with Crippen LogP contribution in [0.1, 0.15) is 30.2 Å². The van der Waals surface area contributed by atoms with E-state index in [-0.39, 0.29) is 5.91 Å². The summed E-state index contributed by atoms with van der Waals surface area (Å²) in [4.78, 5) is 25.1. The summed E-state index contributed by atoms with van der Waals surface area (Å²) in [7, 11) is 0. The second-order valence-electron chi connectivity index (χ2n) is 6.54. The van der Waals surface area contributed by atoms with Crippen molar-refractivity contribution in [2.24, 2.45) is 5.92 Å². The Balaban J connectivity index is 1.54. The molecule has 3 rings (SSSR count). The lowest BCUT2D eigenvalue weighted by atomic mass is 10.2. The van der Waals surface area contributed by atoms with E-state index in [0.717, 1.165) is 32.0 Å². The van der Waals surface area contributed by atoms with E-state index in [1.165, 1.54) is 0 Å². The van der Waals surface area contributed by atoms with Crippen LogP contribution in [0.3, 0.4) is 0 Å². The zero-order chi connectivity index (χ0) is 16.9. The fourth-order valence-corrected chi connectivity index (χ4v) is 2.87. The zero-order valence-corrected chi connectivity index (χ0v) is 14.3. The first-order valence-corrected chi connectivity index (χ1v) is 8.43. The van der Waals surface area contributed by atoms with Gasteiger partial charge in [-0.15, -0.1) is 0 Å². The normalized spacial score (nSPS) is 15.9. The summed E-state index contributed by atoms with van der Waals surface area (Å²) in [5.41, 5.74) is 0.516. The first-order valence-electron chi connectivity index (χ1n) is 8.43. The molecule has 0 bridgehead atoms. The molecule has 0 saturated carbocycles. The van der Waals surface area contributed by atoms with E-state index < -0.39 is 0 Å². The number of amides is 1. The molecule has 0 aliphatic carbocycles. The minimum atomic E-state index is 0.0122. The van der Waals surface area contributed by atoms with E-state index in [1.807, 2.05) is 21.7 Å². The van der Waals surface area contributed by atoms with Gasteiger partial charge in [-0.05, 0) is 18.1 Å². The van der Waals surface area contributed by atoms with Gasteiger partial charge in [-0.1, -0.05) is 19.9 Å². The maximum atomic E-state index is 12.4.